The number of aliphatic carboxylic acids is 1. The van der Waals surface area contributed by atoms with Gasteiger partial charge in [-0.15, -0.1) is 0 Å². The zero-order valence-electron chi connectivity index (χ0n) is 18.5. The lowest BCUT2D eigenvalue weighted by atomic mass is 9.94. The van der Waals surface area contributed by atoms with E-state index in [-0.39, 0.29) is 18.9 Å². The van der Waals surface area contributed by atoms with Crippen LogP contribution in [0.3, 0.4) is 0 Å². The number of amides is 1. The van der Waals surface area contributed by atoms with Crippen LogP contribution in [0.1, 0.15) is 51.8 Å². The van der Waals surface area contributed by atoms with E-state index in [0.29, 0.717) is 0 Å². The number of hydrogen-bond donors (Lipinski definition) is 2. The number of carbonyl (C=O) groups is 2. The van der Waals surface area contributed by atoms with Crippen molar-refractivity contribution >= 4 is 12.1 Å². The van der Waals surface area contributed by atoms with E-state index in [1.165, 1.54) is 0 Å². The van der Waals surface area contributed by atoms with E-state index >= 15 is 0 Å². The van der Waals surface area contributed by atoms with Crippen molar-refractivity contribution in [2.45, 2.75) is 39.2 Å². The Kier molecular flexibility index (Phi) is 5.99. The molecule has 32 heavy (non-hydrogen) atoms. The van der Waals surface area contributed by atoms with Gasteiger partial charge < -0.3 is 15.2 Å². The molecule has 2 N–H and O–H groups in total. The van der Waals surface area contributed by atoms with Gasteiger partial charge in [-0.2, -0.15) is 0 Å². The second kappa shape index (κ2) is 8.87. The number of rotatable bonds is 6. The van der Waals surface area contributed by atoms with Crippen molar-refractivity contribution in [2.75, 3.05) is 6.61 Å². The molecule has 0 heterocycles. The first-order valence-electron chi connectivity index (χ1n) is 10.8. The predicted molar refractivity (Wildman–Crippen MR) is 124 cm³/mol. The highest BCUT2D eigenvalue weighted by atomic mass is 16.5. The van der Waals surface area contributed by atoms with E-state index in [1.807, 2.05) is 57.2 Å². The van der Waals surface area contributed by atoms with Crippen LogP contribution >= 0.6 is 0 Å². The molecule has 4 rings (SSSR count). The van der Waals surface area contributed by atoms with E-state index in [1.54, 1.807) is 0 Å². The molecule has 5 heteroatoms. The fraction of sp³-hybridized carbons (Fsp3) is 0.259. The maximum absolute atomic E-state index is 12.7. The lowest BCUT2D eigenvalue weighted by Crippen LogP contribution is -2.32. The van der Waals surface area contributed by atoms with Crippen LogP contribution in [0.2, 0.25) is 0 Å². The minimum Gasteiger partial charge on any atom is -0.481 e. The van der Waals surface area contributed by atoms with E-state index < -0.39 is 18.1 Å². The summed E-state index contributed by atoms with van der Waals surface area (Å²) in [7, 11) is 0. The third-order valence-corrected chi connectivity index (χ3v) is 6.27. The van der Waals surface area contributed by atoms with Crippen molar-refractivity contribution in [2.24, 2.45) is 0 Å². The number of hydrogen-bond acceptors (Lipinski definition) is 3. The summed E-state index contributed by atoms with van der Waals surface area (Å²) in [6.07, 6.45) is -0.830. The molecular weight excluding hydrogens is 402 g/mol. The fourth-order valence-electron chi connectivity index (χ4n) is 4.55. The molecule has 0 saturated heterocycles. The van der Waals surface area contributed by atoms with Gasteiger partial charge in [0.2, 0.25) is 0 Å². The fourth-order valence-corrected chi connectivity index (χ4v) is 4.55. The Morgan fingerprint density at radius 1 is 0.906 bits per heavy atom. The second-order valence-corrected chi connectivity index (χ2v) is 8.41. The molecule has 1 unspecified atom stereocenters. The maximum Gasteiger partial charge on any atom is 0.407 e. The highest BCUT2D eigenvalue weighted by molar-refractivity contribution is 5.79. The summed E-state index contributed by atoms with van der Waals surface area (Å²) in [5.74, 6) is -1.03. The average Bonchev–Trinajstić information content (AvgIpc) is 3.08. The number of benzene rings is 3. The number of nitrogens with one attached hydrogen (secondary N) is 1. The first-order valence-corrected chi connectivity index (χ1v) is 10.8. The van der Waals surface area contributed by atoms with Gasteiger partial charge in [-0.05, 0) is 65.3 Å². The monoisotopic (exact) mass is 429 g/mol. The van der Waals surface area contributed by atoms with Crippen molar-refractivity contribution in [3.8, 4) is 11.1 Å². The highest BCUT2D eigenvalue weighted by Crippen LogP contribution is 2.44. The van der Waals surface area contributed by atoms with E-state index in [0.717, 1.165) is 44.5 Å². The largest absolute Gasteiger partial charge is 0.481 e. The lowest BCUT2D eigenvalue weighted by molar-refractivity contribution is -0.137. The Morgan fingerprint density at radius 2 is 1.47 bits per heavy atom. The van der Waals surface area contributed by atoms with Crippen LogP contribution in [0, 0.1) is 20.8 Å². The zero-order chi connectivity index (χ0) is 22.8. The Morgan fingerprint density at radius 3 is 2.06 bits per heavy atom. The number of fused-ring (bicyclic) bond motifs is 3. The summed E-state index contributed by atoms with van der Waals surface area (Å²) in [4.78, 5) is 24.2. The van der Waals surface area contributed by atoms with Gasteiger partial charge in [0, 0.05) is 5.92 Å². The molecule has 0 radical (unpaired) electrons. The number of alkyl carbamates (subject to hydrolysis) is 1. The van der Waals surface area contributed by atoms with Crippen molar-refractivity contribution in [3.63, 3.8) is 0 Å². The van der Waals surface area contributed by atoms with Gasteiger partial charge in [0.15, 0.2) is 0 Å². The Bertz CT molecular complexity index is 1140. The Balaban J connectivity index is 1.51. The normalized spacial score (nSPS) is 13.2. The van der Waals surface area contributed by atoms with E-state index in [4.69, 9.17) is 4.74 Å². The molecule has 0 saturated carbocycles. The van der Waals surface area contributed by atoms with E-state index in [9.17, 15) is 14.7 Å². The summed E-state index contributed by atoms with van der Waals surface area (Å²) in [5, 5.41) is 12.2. The highest BCUT2D eigenvalue weighted by Gasteiger charge is 2.29. The van der Waals surface area contributed by atoms with Gasteiger partial charge in [-0.3, -0.25) is 4.79 Å². The molecule has 0 aliphatic heterocycles. The first-order chi connectivity index (χ1) is 15.3. The summed E-state index contributed by atoms with van der Waals surface area (Å²) >= 11 is 0. The lowest BCUT2D eigenvalue weighted by Gasteiger charge is -2.21. The summed E-state index contributed by atoms with van der Waals surface area (Å²) in [5.41, 5.74) is 8.50. The Labute approximate surface area is 188 Å². The predicted octanol–water partition coefficient (Wildman–Crippen LogP) is 5.67. The number of carbonyl (C=O) groups excluding carboxylic acids is 1. The van der Waals surface area contributed by atoms with Gasteiger partial charge in [0.1, 0.15) is 6.61 Å². The molecule has 1 aliphatic rings. The Hall–Kier alpha value is -3.60. The number of ether oxygens (including phenoxy) is 1. The van der Waals surface area contributed by atoms with Gasteiger partial charge >= 0.3 is 12.1 Å². The summed E-state index contributed by atoms with van der Waals surface area (Å²) in [6, 6.07) is 19.6. The molecular formula is C27H27NO4. The third kappa shape index (κ3) is 4.24. The van der Waals surface area contributed by atoms with Crippen LogP contribution in [0.4, 0.5) is 4.79 Å². The molecule has 3 aromatic carbocycles. The quantitative estimate of drug-likeness (QED) is 0.530. The second-order valence-electron chi connectivity index (χ2n) is 8.41. The van der Waals surface area contributed by atoms with Crippen LogP contribution < -0.4 is 5.32 Å². The van der Waals surface area contributed by atoms with Gasteiger partial charge in [0.25, 0.3) is 0 Å². The molecule has 1 atom stereocenters. The molecule has 1 aliphatic carbocycles. The van der Waals surface area contributed by atoms with Crippen molar-refractivity contribution in [1.82, 2.24) is 5.32 Å². The molecule has 1 amide bonds. The van der Waals surface area contributed by atoms with Crippen LogP contribution in [-0.2, 0) is 9.53 Å². The van der Waals surface area contributed by atoms with Gasteiger partial charge in [-0.1, -0.05) is 60.7 Å². The number of aryl methyl sites for hydroxylation is 3. The molecule has 0 fully saturated rings. The van der Waals surface area contributed by atoms with Crippen molar-refractivity contribution in [1.29, 1.82) is 0 Å². The van der Waals surface area contributed by atoms with Crippen molar-refractivity contribution in [3.05, 3.63) is 94.0 Å². The van der Waals surface area contributed by atoms with Crippen molar-refractivity contribution < 1.29 is 19.4 Å². The molecule has 164 valence electrons. The van der Waals surface area contributed by atoms with Gasteiger partial charge in [-0.25, -0.2) is 4.79 Å². The summed E-state index contributed by atoms with van der Waals surface area (Å²) in [6.45, 7) is 6.10. The smallest absolute Gasteiger partial charge is 0.407 e. The molecule has 5 nitrogen and oxygen atoms in total. The molecule has 0 aromatic heterocycles. The zero-order valence-corrected chi connectivity index (χ0v) is 18.5. The van der Waals surface area contributed by atoms with Gasteiger partial charge in [0.05, 0.1) is 12.5 Å². The van der Waals surface area contributed by atoms with Crippen LogP contribution in [0.5, 0.6) is 0 Å². The number of carboxylic acids is 1. The van der Waals surface area contributed by atoms with Crippen LogP contribution in [0.15, 0.2) is 60.7 Å². The third-order valence-electron chi connectivity index (χ3n) is 6.27. The molecule has 0 bridgehead atoms. The maximum atomic E-state index is 12.7. The van der Waals surface area contributed by atoms with Crippen LogP contribution in [-0.4, -0.2) is 23.8 Å². The molecule has 0 spiro atoms. The minimum absolute atomic E-state index is 0.0468. The topological polar surface area (TPSA) is 75.6 Å². The average molecular weight is 430 g/mol. The first kappa shape index (κ1) is 21.6. The molecule has 3 aromatic rings. The van der Waals surface area contributed by atoms with Crippen LogP contribution in [0.25, 0.3) is 11.1 Å². The van der Waals surface area contributed by atoms with E-state index in [2.05, 4.69) is 29.6 Å². The standard InChI is InChI=1S/C27H27NO4/c1-16-12-18(3)23(13-17(16)2)25(14-26(29)30)28-27(31)32-15-24-21-10-6-4-8-19(21)20-9-5-7-11-22(20)24/h4-13,24-25H,14-15H2,1-3H3,(H,28,31)(H,29,30). The summed E-state index contributed by atoms with van der Waals surface area (Å²) < 4.78 is 5.62. The number of carboxylic acid groups (broad SMARTS) is 1. The minimum atomic E-state index is -0.980. The SMILES string of the molecule is Cc1cc(C)c(C(CC(=O)O)NC(=O)OCC2c3ccccc3-c3ccccc32)cc1C.